The molecule has 0 saturated heterocycles. The largest absolute Gasteiger partial charge is 0.366 e. The minimum atomic E-state index is 0.747. The zero-order valence-electron chi connectivity index (χ0n) is 14.3. The fourth-order valence-corrected chi connectivity index (χ4v) is 2.42. The molecule has 0 heterocycles. The van der Waals surface area contributed by atoms with Gasteiger partial charge >= 0.3 is 0 Å². The molecule has 2 aromatic rings. The van der Waals surface area contributed by atoms with Crippen molar-refractivity contribution < 1.29 is 0 Å². The summed E-state index contributed by atoms with van der Waals surface area (Å²) in [5.41, 5.74) is 6.42. The number of nitrogens with zero attached hydrogens (tertiary/aromatic N) is 3. The molecule has 2 aromatic carbocycles. The molecular formula is C20H23N3. The van der Waals surface area contributed by atoms with Gasteiger partial charge in [-0.3, -0.25) is 0 Å². The molecule has 3 heteroatoms. The summed E-state index contributed by atoms with van der Waals surface area (Å²) in [6.45, 7) is 7.22. The Kier molecular flexibility index (Phi) is 5.54. The monoisotopic (exact) mass is 305 g/mol. The summed E-state index contributed by atoms with van der Waals surface area (Å²) in [6, 6.07) is 14.4. The van der Waals surface area contributed by atoms with Gasteiger partial charge in [-0.05, 0) is 61.6 Å². The third kappa shape index (κ3) is 4.20. The van der Waals surface area contributed by atoms with Gasteiger partial charge in [0, 0.05) is 13.6 Å². The SMILES string of the molecule is CCN(C)/C=N\c1cc(C)c(Cc2ccccc2C#N)cc1C. The Hall–Kier alpha value is -2.60. The molecule has 23 heavy (non-hydrogen) atoms. The van der Waals surface area contributed by atoms with Crippen molar-refractivity contribution in [1.82, 2.24) is 4.90 Å². The second-order valence-corrected chi connectivity index (χ2v) is 5.83. The third-order valence-electron chi connectivity index (χ3n) is 4.07. The van der Waals surface area contributed by atoms with E-state index in [1.165, 1.54) is 11.1 Å². The van der Waals surface area contributed by atoms with E-state index in [4.69, 9.17) is 0 Å². The van der Waals surface area contributed by atoms with Crippen LogP contribution >= 0.6 is 0 Å². The van der Waals surface area contributed by atoms with Gasteiger partial charge in [0.1, 0.15) is 0 Å². The molecule has 0 aliphatic heterocycles. The maximum atomic E-state index is 9.24. The molecule has 0 amide bonds. The molecule has 0 N–H and O–H groups in total. The van der Waals surface area contributed by atoms with E-state index in [0.29, 0.717) is 0 Å². The lowest BCUT2D eigenvalue weighted by Crippen LogP contribution is -2.14. The normalized spacial score (nSPS) is 10.7. The summed E-state index contributed by atoms with van der Waals surface area (Å²) in [4.78, 5) is 6.62. The molecule has 0 aliphatic carbocycles. The Morgan fingerprint density at radius 2 is 1.87 bits per heavy atom. The van der Waals surface area contributed by atoms with Crippen LogP contribution in [0.4, 0.5) is 5.69 Å². The van der Waals surface area contributed by atoms with E-state index in [-0.39, 0.29) is 0 Å². The van der Waals surface area contributed by atoms with E-state index >= 15 is 0 Å². The molecule has 0 saturated carbocycles. The maximum absolute atomic E-state index is 9.24. The summed E-state index contributed by atoms with van der Waals surface area (Å²) < 4.78 is 0. The Balaban J connectivity index is 2.30. The summed E-state index contributed by atoms with van der Waals surface area (Å²) in [5.74, 6) is 0. The zero-order valence-corrected chi connectivity index (χ0v) is 14.3. The van der Waals surface area contributed by atoms with Gasteiger partial charge in [-0.1, -0.05) is 24.3 Å². The van der Waals surface area contributed by atoms with Crippen LogP contribution in [0.3, 0.4) is 0 Å². The molecule has 2 rings (SSSR count). The maximum Gasteiger partial charge on any atom is 0.0994 e. The van der Waals surface area contributed by atoms with E-state index in [2.05, 4.69) is 44.0 Å². The summed E-state index contributed by atoms with van der Waals surface area (Å²) in [5, 5.41) is 9.24. The molecule has 0 aromatic heterocycles. The topological polar surface area (TPSA) is 39.4 Å². The number of hydrogen-bond donors (Lipinski definition) is 0. The van der Waals surface area contributed by atoms with Gasteiger partial charge in [0.05, 0.1) is 23.7 Å². The third-order valence-corrected chi connectivity index (χ3v) is 4.07. The lowest BCUT2D eigenvalue weighted by Gasteiger charge is -2.12. The van der Waals surface area contributed by atoms with Crippen LogP contribution in [0.2, 0.25) is 0 Å². The Morgan fingerprint density at radius 3 is 2.57 bits per heavy atom. The first kappa shape index (κ1) is 16.8. The van der Waals surface area contributed by atoms with Crippen molar-refractivity contribution in [3.63, 3.8) is 0 Å². The molecule has 0 bridgehead atoms. The van der Waals surface area contributed by atoms with E-state index in [0.717, 1.165) is 35.3 Å². The van der Waals surface area contributed by atoms with Gasteiger partial charge in [0.2, 0.25) is 0 Å². The number of benzene rings is 2. The second-order valence-electron chi connectivity index (χ2n) is 5.83. The summed E-state index contributed by atoms with van der Waals surface area (Å²) in [7, 11) is 2.01. The van der Waals surface area contributed by atoms with Gasteiger partial charge < -0.3 is 4.90 Å². The first-order valence-corrected chi connectivity index (χ1v) is 7.87. The number of hydrogen-bond acceptors (Lipinski definition) is 2. The van der Waals surface area contributed by atoms with Crippen molar-refractivity contribution in [3.8, 4) is 6.07 Å². The second kappa shape index (κ2) is 7.60. The quantitative estimate of drug-likeness (QED) is 0.607. The van der Waals surface area contributed by atoms with Crippen LogP contribution in [-0.4, -0.2) is 24.8 Å². The molecule has 0 fully saturated rings. The number of rotatable bonds is 5. The molecule has 0 aliphatic rings. The molecule has 0 spiro atoms. The van der Waals surface area contributed by atoms with Crippen molar-refractivity contribution in [2.45, 2.75) is 27.2 Å². The minimum Gasteiger partial charge on any atom is -0.366 e. The van der Waals surface area contributed by atoms with Crippen molar-refractivity contribution >= 4 is 12.0 Å². The predicted molar refractivity (Wildman–Crippen MR) is 96.3 cm³/mol. The lowest BCUT2D eigenvalue weighted by molar-refractivity contribution is 0.552. The Labute approximate surface area is 138 Å². The molecular weight excluding hydrogens is 282 g/mol. The molecule has 118 valence electrons. The molecule has 0 atom stereocenters. The van der Waals surface area contributed by atoms with Crippen LogP contribution in [0.1, 0.15) is 34.7 Å². The standard InChI is InChI=1S/C20H23N3/c1-5-23(4)14-22-20-11-15(2)19(10-16(20)3)12-17-8-6-7-9-18(17)13-21/h6-11,14H,5,12H2,1-4H3/b22-14-. The van der Waals surface area contributed by atoms with Gasteiger partial charge in [0.15, 0.2) is 0 Å². The van der Waals surface area contributed by atoms with Gasteiger partial charge in [-0.2, -0.15) is 5.26 Å². The average molecular weight is 305 g/mol. The zero-order chi connectivity index (χ0) is 16.8. The van der Waals surface area contributed by atoms with E-state index in [1.54, 1.807) is 0 Å². The Bertz CT molecular complexity index is 754. The Morgan fingerprint density at radius 1 is 1.13 bits per heavy atom. The fraction of sp³-hybridized carbons (Fsp3) is 0.300. The number of nitriles is 1. The molecule has 0 radical (unpaired) electrons. The number of aryl methyl sites for hydroxylation is 2. The molecule has 0 unspecified atom stereocenters. The van der Waals surface area contributed by atoms with Crippen molar-refractivity contribution in [3.05, 3.63) is 64.2 Å². The van der Waals surface area contributed by atoms with Crippen molar-refractivity contribution in [2.75, 3.05) is 13.6 Å². The first-order chi connectivity index (χ1) is 11.0. The van der Waals surface area contributed by atoms with Crippen LogP contribution in [0.5, 0.6) is 0 Å². The highest BCUT2D eigenvalue weighted by molar-refractivity contribution is 5.64. The average Bonchev–Trinajstić information content (AvgIpc) is 2.56. The van der Waals surface area contributed by atoms with Crippen molar-refractivity contribution in [1.29, 1.82) is 5.26 Å². The lowest BCUT2D eigenvalue weighted by atomic mass is 9.95. The van der Waals surface area contributed by atoms with E-state index in [1.807, 2.05) is 42.6 Å². The van der Waals surface area contributed by atoms with Gasteiger partial charge in [-0.15, -0.1) is 0 Å². The van der Waals surface area contributed by atoms with E-state index in [9.17, 15) is 5.26 Å². The van der Waals surface area contributed by atoms with Crippen LogP contribution in [0, 0.1) is 25.2 Å². The highest BCUT2D eigenvalue weighted by Gasteiger charge is 2.07. The predicted octanol–water partition coefficient (Wildman–Crippen LogP) is 4.38. The fourth-order valence-electron chi connectivity index (χ4n) is 2.42. The smallest absolute Gasteiger partial charge is 0.0994 e. The van der Waals surface area contributed by atoms with Gasteiger partial charge in [-0.25, -0.2) is 4.99 Å². The minimum absolute atomic E-state index is 0.747. The van der Waals surface area contributed by atoms with E-state index < -0.39 is 0 Å². The molecule has 3 nitrogen and oxygen atoms in total. The summed E-state index contributed by atoms with van der Waals surface area (Å²) in [6.07, 6.45) is 2.64. The first-order valence-electron chi connectivity index (χ1n) is 7.87. The van der Waals surface area contributed by atoms with Crippen LogP contribution in [-0.2, 0) is 6.42 Å². The highest BCUT2D eigenvalue weighted by Crippen LogP contribution is 2.25. The number of aliphatic imine (C=N–C) groups is 1. The van der Waals surface area contributed by atoms with Gasteiger partial charge in [0.25, 0.3) is 0 Å². The highest BCUT2D eigenvalue weighted by atomic mass is 15.1. The van der Waals surface area contributed by atoms with Crippen LogP contribution in [0.25, 0.3) is 0 Å². The van der Waals surface area contributed by atoms with Crippen LogP contribution in [0.15, 0.2) is 41.4 Å². The van der Waals surface area contributed by atoms with Crippen molar-refractivity contribution in [2.24, 2.45) is 4.99 Å². The van der Waals surface area contributed by atoms with Crippen LogP contribution < -0.4 is 0 Å². The summed E-state index contributed by atoms with van der Waals surface area (Å²) >= 11 is 0.